The van der Waals surface area contributed by atoms with Crippen LogP contribution in [0.5, 0.6) is 23.0 Å². The van der Waals surface area contributed by atoms with E-state index in [1.807, 2.05) is 6.08 Å². The van der Waals surface area contributed by atoms with Gasteiger partial charge < -0.3 is 19.7 Å². The van der Waals surface area contributed by atoms with Crippen LogP contribution >= 0.6 is 11.6 Å². The van der Waals surface area contributed by atoms with Crippen molar-refractivity contribution in [2.75, 3.05) is 26.2 Å². The lowest BCUT2D eigenvalue weighted by molar-refractivity contribution is -0.141. The molecule has 8 rings (SSSR count). The zero-order chi connectivity index (χ0) is 38.8. The average Bonchev–Trinajstić information content (AvgIpc) is 3.56. The predicted molar refractivity (Wildman–Crippen MR) is 199 cm³/mol. The highest BCUT2D eigenvalue weighted by Crippen LogP contribution is 2.64. The van der Waals surface area contributed by atoms with Gasteiger partial charge in [0.2, 0.25) is 17.6 Å². The summed E-state index contributed by atoms with van der Waals surface area (Å²) >= 11 is 6.38. The first kappa shape index (κ1) is 36.1. The van der Waals surface area contributed by atoms with Gasteiger partial charge in [0.1, 0.15) is 11.6 Å². The summed E-state index contributed by atoms with van der Waals surface area (Å²) in [5.41, 5.74) is 4.12. The van der Waals surface area contributed by atoms with Gasteiger partial charge in [-0.05, 0) is 103 Å². The largest absolute Gasteiger partial charge is 0.508 e. The molecule has 282 valence electrons. The lowest BCUT2D eigenvalue weighted by atomic mass is 9.49. The van der Waals surface area contributed by atoms with Gasteiger partial charge in [-0.3, -0.25) is 29.5 Å². The molecule has 0 spiro atoms. The summed E-state index contributed by atoms with van der Waals surface area (Å²) in [6.07, 6.45) is 2.60. The number of fused-ring (bicyclic) bond motifs is 4. The number of imide groups is 2. The number of likely N-dealkylation sites (tertiary alicyclic amines) is 1. The number of rotatable bonds is 9. The Morgan fingerprint density at radius 1 is 0.855 bits per heavy atom. The zero-order valence-corrected chi connectivity index (χ0v) is 30.6. The van der Waals surface area contributed by atoms with Crippen molar-refractivity contribution < 1.29 is 43.3 Å². The molecule has 0 radical (unpaired) electrons. The highest BCUT2D eigenvalue weighted by molar-refractivity contribution is 6.30. The van der Waals surface area contributed by atoms with Gasteiger partial charge in [0.25, 0.3) is 11.8 Å². The molecule has 4 aliphatic rings. The van der Waals surface area contributed by atoms with Crippen LogP contribution in [0.2, 0.25) is 5.02 Å². The van der Waals surface area contributed by atoms with Crippen LogP contribution < -0.4 is 14.9 Å². The predicted octanol–water partition coefficient (Wildman–Crippen LogP) is 6.14. The van der Waals surface area contributed by atoms with Crippen LogP contribution in [0, 0.1) is 29.5 Å². The normalized spacial score (nSPS) is 25.7. The minimum absolute atomic E-state index is 0.0650. The molecule has 2 saturated heterocycles. The van der Waals surface area contributed by atoms with Crippen molar-refractivity contribution in [3.8, 4) is 23.0 Å². The monoisotopic (exact) mass is 765 g/mol. The Morgan fingerprint density at radius 3 is 2.15 bits per heavy atom. The second kappa shape index (κ2) is 13.8. The number of halogens is 2. The van der Waals surface area contributed by atoms with Gasteiger partial charge in [-0.15, -0.1) is 0 Å². The van der Waals surface area contributed by atoms with Gasteiger partial charge in [0.05, 0.1) is 43.1 Å². The molecule has 0 unspecified atom stereocenters. The Morgan fingerprint density at radius 2 is 1.51 bits per heavy atom. The molecule has 2 heterocycles. The third kappa shape index (κ3) is 5.69. The van der Waals surface area contributed by atoms with Crippen molar-refractivity contribution in [2.24, 2.45) is 23.7 Å². The number of aromatic hydroxyl groups is 2. The Bertz CT molecular complexity index is 2220. The van der Waals surface area contributed by atoms with E-state index in [2.05, 4.69) is 5.43 Å². The van der Waals surface area contributed by atoms with Gasteiger partial charge in [-0.1, -0.05) is 47.5 Å². The summed E-state index contributed by atoms with van der Waals surface area (Å²) in [5.74, 6) is -6.38. The number of ether oxygens (including phenoxy) is 2. The summed E-state index contributed by atoms with van der Waals surface area (Å²) in [6, 6.07) is 21.8. The van der Waals surface area contributed by atoms with E-state index in [9.17, 15) is 29.0 Å². The maximum Gasteiger partial charge on any atom is 0.260 e. The maximum atomic E-state index is 15.4. The van der Waals surface area contributed by atoms with E-state index >= 15 is 4.79 Å². The Kier molecular flexibility index (Phi) is 9.03. The molecule has 3 N–H and O–H groups in total. The van der Waals surface area contributed by atoms with Crippen molar-refractivity contribution in [1.29, 1.82) is 0 Å². The molecule has 13 heteroatoms. The van der Waals surface area contributed by atoms with E-state index < -0.39 is 52.6 Å². The molecule has 4 aromatic rings. The van der Waals surface area contributed by atoms with Crippen molar-refractivity contribution in [3.05, 3.63) is 124 Å². The summed E-state index contributed by atoms with van der Waals surface area (Å²) < 4.78 is 25.1. The number of carbonyl (C=O) groups excluding carboxylic acids is 4. The summed E-state index contributed by atoms with van der Waals surface area (Å²) in [5, 5.41) is 22.1. The number of anilines is 1. The fourth-order valence-electron chi connectivity index (χ4n) is 9.30. The molecular formula is C42H37ClFN3O8. The minimum Gasteiger partial charge on any atom is -0.508 e. The molecule has 11 nitrogen and oxygen atoms in total. The summed E-state index contributed by atoms with van der Waals surface area (Å²) in [7, 11) is 2.77. The van der Waals surface area contributed by atoms with E-state index in [-0.39, 0.29) is 54.2 Å². The SMILES string of the molecule is COc1cc([C@H]2C3=CC[C@@H]4C(=O)N(CCc5ccc(O)cc5)C(=O)[C@@H]4[C@@H]3C[C@H]3C(=O)N(Nc4ccc(F)cc4)C(=O)[C@@]23c2ccc(Cl)cc2)cc(OC)c1O. The molecular weight excluding hydrogens is 729 g/mol. The van der Waals surface area contributed by atoms with Gasteiger partial charge >= 0.3 is 0 Å². The van der Waals surface area contributed by atoms with E-state index in [0.29, 0.717) is 33.8 Å². The molecule has 1 saturated carbocycles. The van der Waals surface area contributed by atoms with Crippen LogP contribution in [0.15, 0.2) is 96.6 Å². The first-order chi connectivity index (χ1) is 26.5. The number of phenols is 2. The summed E-state index contributed by atoms with van der Waals surface area (Å²) in [6.45, 7) is 0.137. The number of nitrogens with zero attached hydrogens (tertiary/aromatic N) is 2. The minimum atomic E-state index is -1.62. The summed E-state index contributed by atoms with van der Waals surface area (Å²) in [4.78, 5) is 60.0. The first-order valence-corrected chi connectivity index (χ1v) is 18.3. The van der Waals surface area contributed by atoms with Crippen LogP contribution in [-0.4, -0.2) is 64.5 Å². The van der Waals surface area contributed by atoms with E-state index in [1.54, 1.807) is 60.7 Å². The number of hydrogen-bond acceptors (Lipinski definition) is 9. The van der Waals surface area contributed by atoms with Crippen LogP contribution in [0.1, 0.15) is 35.4 Å². The number of amides is 4. The van der Waals surface area contributed by atoms with Gasteiger partial charge in [-0.2, -0.15) is 5.01 Å². The van der Waals surface area contributed by atoms with Crippen molar-refractivity contribution in [2.45, 2.75) is 30.6 Å². The van der Waals surface area contributed by atoms with Crippen molar-refractivity contribution in [3.63, 3.8) is 0 Å². The molecule has 0 bridgehead atoms. The highest BCUT2D eigenvalue weighted by Gasteiger charge is 2.70. The van der Waals surface area contributed by atoms with Gasteiger partial charge in [0, 0.05) is 17.5 Å². The third-order valence-corrected chi connectivity index (χ3v) is 12.0. The number of carbonyl (C=O) groups is 4. The van der Waals surface area contributed by atoms with E-state index in [0.717, 1.165) is 10.6 Å². The standard InChI is InChI=1S/C42H37ClFN3O8/c1-54-33-19-23(20-34(55-2)37(33)49)36-29-15-16-30-35(40(52)46(38(30)50)18-17-22-3-13-28(48)14-4-22)31(29)21-32-39(51)47(45-27-11-9-26(44)10-12-27)41(53)42(32,36)24-5-7-25(43)8-6-24/h3-15,19-20,30-32,35-36,45,48-49H,16-18,21H2,1-2H3/t30-,31+,32-,35-,36-,42+/m0/s1. The third-order valence-electron chi connectivity index (χ3n) is 11.7. The van der Waals surface area contributed by atoms with Crippen LogP contribution in [-0.2, 0) is 31.0 Å². The van der Waals surface area contributed by atoms with Crippen LogP contribution in [0.3, 0.4) is 0 Å². The lowest BCUT2D eigenvalue weighted by Crippen LogP contribution is -2.53. The molecule has 6 atom stereocenters. The topological polar surface area (TPSA) is 146 Å². The number of allylic oxidation sites excluding steroid dienone is 2. The van der Waals surface area contributed by atoms with Crippen LogP contribution in [0.4, 0.5) is 10.1 Å². The van der Waals surface area contributed by atoms with Crippen molar-refractivity contribution >= 4 is 40.9 Å². The van der Waals surface area contributed by atoms with Crippen molar-refractivity contribution in [1.82, 2.24) is 9.91 Å². The smallest absolute Gasteiger partial charge is 0.260 e. The molecule has 2 aliphatic carbocycles. The van der Waals surface area contributed by atoms with Crippen LogP contribution in [0.25, 0.3) is 0 Å². The fraction of sp³-hybridized carbons (Fsp3) is 0.286. The molecule has 3 fully saturated rings. The fourth-order valence-corrected chi connectivity index (χ4v) is 9.43. The second-order valence-electron chi connectivity index (χ2n) is 14.4. The first-order valence-electron chi connectivity index (χ1n) is 17.9. The number of nitrogens with one attached hydrogen (secondary N) is 1. The second-order valence-corrected chi connectivity index (χ2v) is 14.8. The highest BCUT2D eigenvalue weighted by atomic mass is 35.5. The number of hydrogen-bond donors (Lipinski definition) is 3. The molecule has 4 amide bonds. The number of methoxy groups -OCH3 is 2. The Hall–Kier alpha value is -5.88. The molecule has 55 heavy (non-hydrogen) atoms. The van der Waals surface area contributed by atoms with Gasteiger partial charge in [0.15, 0.2) is 11.5 Å². The van der Waals surface area contributed by atoms with E-state index in [4.69, 9.17) is 21.1 Å². The Labute approximate surface area is 320 Å². The maximum absolute atomic E-state index is 15.4. The van der Waals surface area contributed by atoms with E-state index in [1.165, 1.54) is 43.4 Å². The number of phenolic OH excluding ortho intramolecular Hbond substituents is 2. The quantitative estimate of drug-likeness (QED) is 0.135. The zero-order valence-electron chi connectivity index (χ0n) is 29.9. The lowest BCUT2D eigenvalue weighted by Gasteiger charge is -2.50. The number of benzene rings is 4. The Balaban J connectivity index is 1.29. The average molecular weight is 766 g/mol. The molecule has 2 aliphatic heterocycles. The van der Waals surface area contributed by atoms with Gasteiger partial charge in [-0.25, -0.2) is 4.39 Å². The number of hydrazine groups is 1. The molecule has 4 aromatic carbocycles. The molecule has 0 aromatic heterocycles.